The Balaban J connectivity index is 0.000000596. The van der Waals surface area contributed by atoms with E-state index >= 15 is 0 Å². The molecule has 1 fully saturated rings. The summed E-state index contributed by atoms with van der Waals surface area (Å²) in [6, 6.07) is 0. The molecule has 10 nitrogen and oxygen atoms in total. The fraction of sp³-hybridized carbons (Fsp3) is 0.647. The standard InChI is InChI=1S/C15H23N5O3.C2H4O2/c1-23-10-13(21)19-5-2-6-20(8-7-19)15(22)14-11-3-4-16-9-12(11)17-18-14;1-2(3)4/h16H,2-10H2,1H3,(H,17,18);1H3,(H,3,4). The first kappa shape index (κ1) is 20.8. The fourth-order valence-electron chi connectivity index (χ4n) is 3.15. The van der Waals surface area contributed by atoms with Crippen LogP contribution < -0.4 is 5.32 Å². The molecular formula is C17H27N5O5. The maximum Gasteiger partial charge on any atom is 0.300 e. The van der Waals surface area contributed by atoms with E-state index in [1.807, 2.05) is 0 Å². The van der Waals surface area contributed by atoms with Crippen molar-refractivity contribution in [2.24, 2.45) is 0 Å². The number of H-pyrrole nitrogens is 1. The van der Waals surface area contributed by atoms with Crippen molar-refractivity contribution >= 4 is 17.8 Å². The number of ether oxygens (including phenoxy) is 1. The highest BCUT2D eigenvalue weighted by atomic mass is 16.5. The lowest BCUT2D eigenvalue weighted by molar-refractivity contribution is -0.135. The minimum atomic E-state index is -0.833. The summed E-state index contributed by atoms with van der Waals surface area (Å²) in [6.07, 6.45) is 1.59. The van der Waals surface area contributed by atoms with Crippen molar-refractivity contribution in [3.63, 3.8) is 0 Å². The Morgan fingerprint density at radius 2 is 1.85 bits per heavy atom. The number of carboxylic acid groups (broad SMARTS) is 1. The molecule has 0 bridgehead atoms. The molecule has 150 valence electrons. The molecule has 0 saturated carbocycles. The number of nitrogens with zero attached hydrogens (tertiary/aromatic N) is 3. The number of amides is 2. The maximum atomic E-state index is 12.8. The molecular weight excluding hydrogens is 354 g/mol. The average molecular weight is 381 g/mol. The number of carboxylic acids is 1. The summed E-state index contributed by atoms with van der Waals surface area (Å²) >= 11 is 0. The average Bonchev–Trinajstić information content (AvgIpc) is 2.89. The highest BCUT2D eigenvalue weighted by molar-refractivity contribution is 5.94. The van der Waals surface area contributed by atoms with Crippen molar-refractivity contribution in [1.82, 2.24) is 25.3 Å². The molecule has 0 unspecified atom stereocenters. The summed E-state index contributed by atoms with van der Waals surface area (Å²) < 4.78 is 4.90. The van der Waals surface area contributed by atoms with Crippen LogP contribution in [0.25, 0.3) is 0 Å². The van der Waals surface area contributed by atoms with Gasteiger partial charge in [0.1, 0.15) is 6.61 Å². The molecule has 1 aromatic rings. The Morgan fingerprint density at radius 3 is 2.56 bits per heavy atom. The van der Waals surface area contributed by atoms with Gasteiger partial charge in [-0.25, -0.2) is 0 Å². The number of aromatic nitrogens is 2. The zero-order chi connectivity index (χ0) is 19.8. The monoisotopic (exact) mass is 381 g/mol. The maximum absolute atomic E-state index is 12.8. The summed E-state index contributed by atoms with van der Waals surface area (Å²) in [6.45, 7) is 5.16. The quantitative estimate of drug-likeness (QED) is 0.642. The van der Waals surface area contributed by atoms with E-state index in [0.717, 1.165) is 44.1 Å². The zero-order valence-electron chi connectivity index (χ0n) is 15.8. The Hall–Kier alpha value is -2.46. The van der Waals surface area contributed by atoms with Crippen LogP contribution in [0.3, 0.4) is 0 Å². The number of hydrogen-bond donors (Lipinski definition) is 3. The van der Waals surface area contributed by atoms with Gasteiger partial charge < -0.3 is 25.0 Å². The molecule has 3 N–H and O–H groups in total. The van der Waals surface area contributed by atoms with Gasteiger partial charge in [-0.2, -0.15) is 5.10 Å². The topological polar surface area (TPSA) is 128 Å². The molecule has 2 aliphatic heterocycles. The molecule has 1 aromatic heterocycles. The summed E-state index contributed by atoms with van der Waals surface area (Å²) in [4.78, 5) is 37.3. The van der Waals surface area contributed by atoms with Crippen LogP contribution in [0.5, 0.6) is 0 Å². The first-order valence-electron chi connectivity index (χ1n) is 8.96. The largest absolute Gasteiger partial charge is 0.481 e. The summed E-state index contributed by atoms with van der Waals surface area (Å²) in [5.74, 6) is -0.893. The third kappa shape index (κ3) is 5.76. The molecule has 0 aromatic carbocycles. The molecule has 0 aliphatic carbocycles. The van der Waals surface area contributed by atoms with Gasteiger partial charge in [0.15, 0.2) is 5.69 Å². The molecule has 2 amide bonds. The van der Waals surface area contributed by atoms with Gasteiger partial charge in [0.05, 0.1) is 5.69 Å². The smallest absolute Gasteiger partial charge is 0.300 e. The number of hydrogen-bond acceptors (Lipinski definition) is 6. The predicted octanol–water partition coefficient (Wildman–Crippen LogP) is -0.533. The van der Waals surface area contributed by atoms with Crippen molar-refractivity contribution in [3.05, 3.63) is 17.0 Å². The third-order valence-electron chi connectivity index (χ3n) is 4.41. The molecule has 3 rings (SSSR count). The summed E-state index contributed by atoms with van der Waals surface area (Å²) in [5.41, 5.74) is 2.58. The summed E-state index contributed by atoms with van der Waals surface area (Å²) in [7, 11) is 1.52. The van der Waals surface area contributed by atoms with Crippen molar-refractivity contribution in [1.29, 1.82) is 0 Å². The van der Waals surface area contributed by atoms with Gasteiger partial charge in [-0.3, -0.25) is 19.5 Å². The van der Waals surface area contributed by atoms with Gasteiger partial charge in [0.25, 0.3) is 11.9 Å². The number of fused-ring (bicyclic) bond motifs is 1. The number of aromatic amines is 1. The van der Waals surface area contributed by atoms with E-state index in [1.54, 1.807) is 9.80 Å². The normalized spacial score (nSPS) is 16.7. The van der Waals surface area contributed by atoms with E-state index in [-0.39, 0.29) is 18.4 Å². The van der Waals surface area contributed by atoms with E-state index < -0.39 is 5.97 Å². The lowest BCUT2D eigenvalue weighted by atomic mass is 10.1. The van der Waals surface area contributed by atoms with Crippen LogP contribution in [0.15, 0.2) is 0 Å². The Kier molecular flexibility index (Phi) is 7.74. The Labute approximate surface area is 157 Å². The predicted molar refractivity (Wildman–Crippen MR) is 96.3 cm³/mol. The van der Waals surface area contributed by atoms with Crippen LogP contribution in [0.1, 0.15) is 35.1 Å². The first-order valence-corrected chi connectivity index (χ1v) is 8.96. The first-order chi connectivity index (χ1) is 12.9. The second kappa shape index (κ2) is 10.0. The van der Waals surface area contributed by atoms with E-state index in [1.165, 1.54) is 7.11 Å². The molecule has 2 aliphatic rings. The number of methoxy groups -OCH3 is 1. The number of aliphatic carboxylic acids is 1. The molecule has 0 radical (unpaired) electrons. The highest BCUT2D eigenvalue weighted by Gasteiger charge is 2.27. The lowest BCUT2D eigenvalue weighted by Gasteiger charge is -2.22. The van der Waals surface area contributed by atoms with E-state index in [4.69, 9.17) is 14.6 Å². The van der Waals surface area contributed by atoms with Crippen LogP contribution >= 0.6 is 0 Å². The molecule has 0 spiro atoms. The molecule has 27 heavy (non-hydrogen) atoms. The van der Waals surface area contributed by atoms with Gasteiger partial charge >= 0.3 is 0 Å². The van der Waals surface area contributed by atoms with Crippen LogP contribution in [0.4, 0.5) is 0 Å². The van der Waals surface area contributed by atoms with E-state index in [0.29, 0.717) is 31.9 Å². The van der Waals surface area contributed by atoms with Crippen LogP contribution in [-0.2, 0) is 27.3 Å². The molecule has 0 atom stereocenters. The lowest BCUT2D eigenvalue weighted by Crippen LogP contribution is -2.39. The minimum Gasteiger partial charge on any atom is -0.481 e. The van der Waals surface area contributed by atoms with Crippen molar-refractivity contribution < 1.29 is 24.2 Å². The van der Waals surface area contributed by atoms with Gasteiger partial charge in [0, 0.05) is 52.3 Å². The van der Waals surface area contributed by atoms with Crippen molar-refractivity contribution in [2.75, 3.05) is 46.4 Å². The fourth-order valence-corrected chi connectivity index (χ4v) is 3.15. The minimum absolute atomic E-state index is 0.0231. The second-order valence-electron chi connectivity index (χ2n) is 6.43. The highest BCUT2D eigenvalue weighted by Crippen LogP contribution is 2.18. The van der Waals surface area contributed by atoms with Gasteiger partial charge in [-0.15, -0.1) is 0 Å². The van der Waals surface area contributed by atoms with Crippen molar-refractivity contribution in [2.45, 2.75) is 26.3 Å². The Morgan fingerprint density at radius 1 is 1.19 bits per heavy atom. The molecule has 3 heterocycles. The van der Waals surface area contributed by atoms with Crippen LogP contribution in [0.2, 0.25) is 0 Å². The third-order valence-corrected chi connectivity index (χ3v) is 4.41. The van der Waals surface area contributed by atoms with Crippen LogP contribution in [-0.4, -0.2) is 89.3 Å². The second-order valence-corrected chi connectivity index (χ2v) is 6.43. The number of carbonyl (C=O) groups excluding carboxylic acids is 2. The van der Waals surface area contributed by atoms with Gasteiger partial charge in [-0.1, -0.05) is 0 Å². The summed E-state index contributed by atoms with van der Waals surface area (Å²) in [5, 5.41) is 17.9. The van der Waals surface area contributed by atoms with Gasteiger partial charge in [-0.05, 0) is 19.4 Å². The van der Waals surface area contributed by atoms with E-state index in [2.05, 4.69) is 15.5 Å². The van der Waals surface area contributed by atoms with Crippen LogP contribution in [0, 0.1) is 0 Å². The zero-order valence-corrected chi connectivity index (χ0v) is 15.8. The number of carbonyl (C=O) groups is 3. The van der Waals surface area contributed by atoms with Gasteiger partial charge in [0.2, 0.25) is 5.91 Å². The molecule has 1 saturated heterocycles. The number of rotatable bonds is 3. The Bertz CT molecular complexity index is 671. The molecule has 10 heteroatoms. The SMILES string of the molecule is CC(=O)O.COCC(=O)N1CCCN(C(=O)c2n[nH]c3c2CCNC3)CC1. The number of nitrogens with one attached hydrogen (secondary N) is 2. The van der Waals surface area contributed by atoms with Crippen molar-refractivity contribution in [3.8, 4) is 0 Å². The van der Waals surface area contributed by atoms with E-state index in [9.17, 15) is 9.59 Å².